The monoisotopic (exact) mass is 292 g/mol. The van der Waals surface area contributed by atoms with Gasteiger partial charge in [0, 0.05) is 19.6 Å². The Morgan fingerprint density at radius 2 is 1.58 bits per heavy atom. The lowest BCUT2D eigenvalue weighted by molar-refractivity contribution is -0.139. The molecule has 0 amide bonds. The highest BCUT2D eigenvalue weighted by atomic mass is 35.5. The maximum absolute atomic E-state index is 10.8. The molecule has 2 atom stereocenters. The van der Waals surface area contributed by atoms with Gasteiger partial charge in [-0.1, -0.05) is 0 Å². The Bertz CT molecular complexity index is 283. The third kappa shape index (κ3) is 7.50. The molecule has 2 unspecified atom stereocenters. The Hall–Kier alpha value is -0.650. The number of carboxylic acid groups (broad SMARTS) is 1. The highest BCUT2D eigenvalue weighted by Gasteiger charge is 2.18. The number of carbonyl (C=O) groups is 2. The molecule has 0 aromatic carbocycles. The fraction of sp³-hybridized carbons (Fsp3) is 0.846. The average molecular weight is 293 g/mol. The highest BCUT2D eigenvalue weighted by molar-refractivity contribution is 6.27. The molecule has 2 heterocycles. The van der Waals surface area contributed by atoms with E-state index in [0.29, 0.717) is 6.42 Å². The van der Waals surface area contributed by atoms with E-state index in [1.165, 1.54) is 0 Å². The first kappa shape index (κ1) is 16.4. The average Bonchev–Trinajstić information content (AvgIpc) is 3.02. The molecule has 0 aromatic rings. The lowest BCUT2D eigenvalue weighted by Crippen LogP contribution is -2.12. The van der Waals surface area contributed by atoms with Crippen LogP contribution in [0.15, 0.2) is 0 Å². The standard InChI is InChI=1S/C7H11ClO2.C6H10O3/c8-5-6(9)4-7-2-1-3-10-7;7-6(8)4-5-2-1-3-9-5/h7H,1-5H2;5H,1-4H2,(H,7,8). The van der Waals surface area contributed by atoms with Gasteiger partial charge in [-0.15, -0.1) is 11.6 Å². The number of ketones is 1. The van der Waals surface area contributed by atoms with Crippen LogP contribution in [-0.2, 0) is 19.1 Å². The van der Waals surface area contributed by atoms with Crippen molar-refractivity contribution < 1.29 is 24.2 Å². The van der Waals surface area contributed by atoms with Crippen LogP contribution >= 0.6 is 11.6 Å². The summed E-state index contributed by atoms with van der Waals surface area (Å²) in [6.07, 6.45) is 4.84. The van der Waals surface area contributed by atoms with Crippen molar-refractivity contribution in [2.45, 2.75) is 50.7 Å². The number of rotatable bonds is 5. The molecule has 2 rings (SSSR count). The van der Waals surface area contributed by atoms with Crippen LogP contribution in [0.5, 0.6) is 0 Å². The van der Waals surface area contributed by atoms with Gasteiger partial charge < -0.3 is 14.6 Å². The summed E-state index contributed by atoms with van der Waals surface area (Å²) in [7, 11) is 0. The summed E-state index contributed by atoms with van der Waals surface area (Å²) in [5.74, 6) is -0.546. The number of halogens is 1. The fourth-order valence-electron chi connectivity index (χ4n) is 2.11. The van der Waals surface area contributed by atoms with E-state index in [4.69, 9.17) is 26.2 Å². The van der Waals surface area contributed by atoms with Crippen LogP contribution in [0.4, 0.5) is 0 Å². The highest BCUT2D eigenvalue weighted by Crippen LogP contribution is 2.15. The molecule has 2 fully saturated rings. The van der Waals surface area contributed by atoms with E-state index in [-0.39, 0.29) is 30.3 Å². The molecule has 0 spiro atoms. The van der Waals surface area contributed by atoms with Crippen molar-refractivity contribution in [3.63, 3.8) is 0 Å². The van der Waals surface area contributed by atoms with Gasteiger partial charge in [0.15, 0.2) is 0 Å². The molecule has 5 nitrogen and oxygen atoms in total. The summed E-state index contributed by atoms with van der Waals surface area (Å²) in [4.78, 5) is 20.8. The van der Waals surface area contributed by atoms with Crippen molar-refractivity contribution in [2.75, 3.05) is 19.1 Å². The lowest BCUT2D eigenvalue weighted by Gasteiger charge is -2.05. The molecular weight excluding hydrogens is 272 g/mol. The molecule has 0 radical (unpaired) electrons. The molecule has 2 saturated heterocycles. The number of hydrogen-bond donors (Lipinski definition) is 1. The van der Waals surface area contributed by atoms with Gasteiger partial charge in [0.25, 0.3) is 0 Å². The molecular formula is C13H21ClO5. The Morgan fingerprint density at radius 1 is 1.05 bits per heavy atom. The molecule has 0 bridgehead atoms. The van der Waals surface area contributed by atoms with Crippen molar-refractivity contribution >= 4 is 23.4 Å². The third-order valence-corrected chi connectivity index (χ3v) is 3.35. The molecule has 0 aliphatic carbocycles. The normalized spacial score (nSPS) is 25.7. The number of carbonyl (C=O) groups excluding carboxylic acids is 1. The van der Waals surface area contributed by atoms with Crippen molar-refractivity contribution in [3.8, 4) is 0 Å². The fourth-order valence-corrected chi connectivity index (χ4v) is 2.22. The molecule has 0 aromatic heterocycles. The van der Waals surface area contributed by atoms with Gasteiger partial charge in [-0.25, -0.2) is 0 Å². The predicted octanol–water partition coefficient (Wildman–Crippen LogP) is 2.00. The minimum Gasteiger partial charge on any atom is -0.481 e. The first-order chi connectivity index (χ1) is 9.11. The molecule has 2 aliphatic rings. The largest absolute Gasteiger partial charge is 0.481 e. The second-order valence-corrected chi connectivity index (χ2v) is 5.01. The van der Waals surface area contributed by atoms with Crippen LogP contribution in [0.2, 0.25) is 0 Å². The van der Waals surface area contributed by atoms with E-state index in [1.54, 1.807) is 0 Å². The Kier molecular flexibility index (Phi) is 8.02. The SMILES string of the molecule is O=C(CCl)CC1CCCO1.O=C(O)CC1CCCO1. The Balaban J connectivity index is 0.000000191. The number of hydrogen-bond acceptors (Lipinski definition) is 4. The van der Waals surface area contributed by atoms with Gasteiger partial charge >= 0.3 is 5.97 Å². The number of Topliss-reactive ketones (excluding diaryl/α,β-unsaturated/α-hetero) is 1. The van der Waals surface area contributed by atoms with Crippen molar-refractivity contribution in [1.29, 1.82) is 0 Å². The summed E-state index contributed by atoms with van der Waals surface area (Å²) >= 11 is 5.33. The van der Waals surface area contributed by atoms with Gasteiger partial charge in [-0.3, -0.25) is 9.59 Å². The van der Waals surface area contributed by atoms with E-state index < -0.39 is 5.97 Å². The Morgan fingerprint density at radius 3 is 1.95 bits per heavy atom. The minimum absolute atomic E-state index is 0.0116. The third-order valence-electron chi connectivity index (χ3n) is 3.05. The number of aliphatic carboxylic acids is 1. The maximum atomic E-state index is 10.8. The molecule has 6 heteroatoms. The number of alkyl halides is 1. The smallest absolute Gasteiger partial charge is 0.305 e. The van der Waals surface area contributed by atoms with E-state index in [2.05, 4.69) is 0 Å². The van der Waals surface area contributed by atoms with Crippen LogP contribution in [0.3, 0.4) is 0 Å². The van der Waals surface area contributed by atoms with Crippen LogP contribution in [0, 0.1) is 0 Å². The van der Waals surface area contributed by atoms with Crippen LogP contribution < -0.4 is 0 Å². The second kappa shape index (κ2) is 9.28. The summed E-state index contributed by atoms with van der Waals surface area (Å²) in [5, 5.41) is 8.29. The van der Waals surface area contributed by atoms with E-state index >= 15 is 0 Å². The first-order valence-electron chi connectivity index (χ1n) is 6.64. The molecule has 19 heavy (non-hydrogen) atoms. The van der Waals surface area contributed by atoms with E-state index in [0.717, 1.165) is 38.9 Å². The van der Waals surface area contributed by atoms with E-state index in [1.807, 2.05) is 0 Å². The van der Waals surface area contributed by atoms with E-state index in [9.17, 15) is 9.59 Å². The second-order valence-electron chi connectivity index (χ2n) is 4.74. The van der Waals surface area contributed by atoms with Crippen molar-refractivity contribution in [1.82, 2.24) is 0 Å². The molecule has 2 aliphatic heterocycles. The van der Waals surface area contributed by atoms with Gasteiger partial charge in [0.2, 0.25) is 0 Å². The minimum atomic E-state index is -0.762. The number of ether oxygens (including phenoxy) is 2. The lowest BCUT2D eigenvalue weighted by atomic mass is 10.1. The van der Waals surface area contributed by atoms with Crippen molar-refractivity contribution in [2.24, 2.45) is 0 Å². The molecule has 110 valence electrons. The van der Waals surface area contributed by atoms with Gasteiger partial charge in [0.05, 0.1) is 24.5 Å². The van der Waals surface area contributed by atoms with Gasteiger partial charge in [-0.2, -0.15) is 0 Å². The van der Waals surface area contributed by atoms with Crippen LogP contribution in [0.25, 0.3) is 0 Å². The Labute approximate surface area is 118 Å². The van der Waals surface area contributed by atoms with Crippen LogP contribution in [0.1, 0.15) is 38.5 Å². The van der Waals surface area contributed by atoms with Crippen molar-refractivity contribution in [3.05, 3.63) is 0 Å². The summed E-state index contributed by atoms with van der Waals surface area (Å²) in [6.45, 7) is 1.54. The summed E-state index contributed by atoms with van der Waals surface area (Å²) < 4.78 is 10.3. The topological polar surface area (TPSA) is 72.8 Å². The van der Waals surface area contributed by atoms with Gasteiger partial charge in [0.1, 0.15) is 5.78 Å². The quantitative estimate of drug-likeness (QED) is 0.785. The number of carboxylic acids is 1. The molecule has 0 saturated carbocycles. The predicted molar refractivity (Wildman–Crippen MR) is 70.5 cm³/mol. The summed E-state index contributed by atoms with van der Waals surface area (Å²) in [6, 6.07) is 0. The van der Waals surface area contributed by atoms with Crippen LogP contribution in [-0.4, -0.2) is 48.2 Å². The summed E-state index contributed by atoms with van der Waals surface area (Å²) in [5.41, 5.74) is 0. The first-order valence-corrected chi connectivity index (χ1v) is 7.18. The zero-order valence-corrected chi connectivity index (χ0v) is 11.7. The van der Waals surface area contributed by atoms with Gasteiger partial charge in [-0.05, 0) is 25.7 Å². The zero-order valence-electron chi connectivity index (χ0n) is 11.0. The maximum Gasteiger partial charge on any atom is 0.305 e. The molecule has 1 N–H and O–H groups in total. The zero-order chi connectivity index (χ0) is 14.1.